The molecule has 0 saturated heterocycles. The van der Waals surface area contributed by atoms with Crippen LogP contribution in [0.3, 0.4) is 0 Å². The average Bonchev–Trinajstić information content (AvgIpc) is 2.44. The minimum Gasteiger partial charge on any atom is -0.489 e. The summed E-state index contributed by atoms with van der Waals surface area (Å²) in [6, 6.07) is 7.52. The number of carbonyl (C=O) groups is 1. The molecule has 104 valence electrons. The average molecular weight is 262 g/mol. The molecule has 1 amide bonds. The zero-order chi connectivity index (χ0) is 13.9. The molecule has 0 bridgehead atoms. The van der Waals surface area contributed by atoms with Gasteiger partial charge in [-0.05, 0) is 18.6 Å². The second kappa shape index (κ2) is 9.03. The predicted molar refractivity (Wildman–Crippen MR) is 78.5 cm³/mol. The van der Waals surface area contributed by atoms with Crippen LogP contribution < -0.4 is 15.4 Å². The van der Waals surface area contributed by atoms with Gasteiger partial charge in [-0.1, -0.05) is 32.1 Å². The van der Waals surface area contributed by atoms with Crippen molar-refractivity contribution in [1.82, 2.24) is 5.32 Å². The highest BCUT2D eigenvalue weighted by Crippen LogP contribution is 2.16. The summed E-state index contributed by atoms with van der Waals surface area (Å²) in [5.41, 5.74) is 0.868. The minimum atomic E-state index is 0.00543. The van der Waals surface area contributed by atoms with E-state index >= 15 is 0 Å². The van der Waals surface area contributed by atoms with E-state index in [9.17, 15) is 4.79 Å². The number of unbranched alkanes of at least 4 members (excludes halogenated alkanes) is 1. The van der Waals surface area contributed by atoms with Crippen molar-refractivity contribution in [2.75, 3.05) is 25.0 Å². The molecule has 0 saturated carbocycles. The fourth-order valence-electron chi connectivity index (χ4n) is 1.50. The molecule has 0 radical (unpaired) electrons. The highest BCUT2D eigenvalue weighted by molar-refractivity contribution is 5.80. The van der Waals surface area contributed by atoms with Crippen molar-refractivity contribution in [2.24, 2.45) is 0 Å². The zero-order valence-corrected chi connectivity index (χ0v) is 11.4. The third-order valence-corrected chi connectivity index (χ3v) is 2.51. The van der Waals surface area contributed by atoms with Gasteiger partial charge < -0.3 is 15.4 Å². The molecule has 0 aliphatic heterocycles. The molecule has 1 rings (SSSR count). The molecule has 19 heavy (non-hydrogen) atoms. The number of anilines is 1. The Kier molecular flexibility index (Phi) is 7.17. The third kappa shape index (κ3) is 6.50. The molecular formula is C15H22N2O2. The molecule has 0 aromatic heterocycles. The lowest BCUT2D eigenvalue weighted by molar-refractivity contribution is -0.119. The summed E-state index contributed by atoms with van der Waals surface area (Å²) in [5, 5.41) is 5.93. The molecule has 0 unspecified atom stereocenters. The van der Waals surface area contributed by atoms with E-state index in [0.29, 0.717) is 6.61 Å². The molecule has 1 aromatic carbocycles. The summed E-state index contributed by atoms with van der Waals surface area (Å²) >= 11 is 0. The van der Waals surface area contributed by atoms with Gasteiger partial charge in [-0.3, -0.25) is 4.79 Å². The van der Waals surface area contributed by atoms with E-state index < -0.39 is 0 Å². The van der Waals surface area contributed by atoms with Gasteiger partial charge in [0.2, 0.25) is 5.91 Å². The minimum absolute atomic E-state index is 0.00543. The first kappa shape index (κ1) is 15.1. The molecule has 1 aromatic rings. The van der Waals surface area contributed by atoms with Crippen LogP contribution in [0.2, 0.25) is 0 Å². The highest BCUT2D eigenvalue weighted by atomic mass is 16.5. The van der Waals surface area contributed by atoms with Gasteiger partial charge in [-0.25, -0.2) is 0 Å². The van der Waals surface area contributed by atoms with E-state index in [-0.39, 0.29) is 12.5 Å². The maximum Gasteiger partial charge on any atom is 0.239 e. The zero-order valence-electron chi connectivity index (χ0n) is 11.4. The van der Waals surface area contributed by atoms with Crippen molar-refractivity contribution >= 4 is 11.6 Å². The molecule has 0 fully saturated rings. The maximum absolute atomic E-state index is 11.5. The van der Waals surface area contributed by atoms with Crippen LogP contribution in [0, 0.1) is 0 Å². The molecular weight excluding hydrogens is 240 g/mol. The van der Waals surface area contributed by atoms with Gasteiger partial charge >= 0.3 is 0 Å². The Morgan fingerprint density at radius 3 is 3.05 bits per heavy atom. The van der Waals surface area contributed by atoms with Gasteiger partial charge in [0.1, 0.15) is 12.4 Å². The summed E-state index contributed by atoms with van der Waals surface area (Å²) in [5.74, 6) is 0.766. The van der Waals surface area contributed by atoms with Gasteiger partial charge in [0.05, 0.1) is 6.54 Å². The Bertz CT molecular complexity index is 405. The third-order valence-electron chi connectivity index (χ3n) is 2.51. The lowest BCUT2D eigenvalue weighted by Crippen LogP contribution is -2.30. The van der Waals surface area contributed by atoms with Crippen molar-refractivity contribution in [2.45, 2.75) is 19.8 Å². The largest absolute Gasteiger partial charge is 0.489 e. The van der Waals surface area contributed by atoms with Crippen LogP contribution in [0.1, 0.15) is 19.8 Å². The molecule has 4 heteroatoms. The van der Waals surface area contributed by atoms with Crippen LogP contribution in [0.15, 0.2) is 36.9 Å². The van der Waals surface area contributed by atoms with Gasteiger partial charge in [-0.15, -0.1) is 0 Å². The topological polar surface area (TPSA) is 50.4 Å². The molecule has 0 spiro atoms. The van der Waals surface area contributed by atoms with Gasteiger partial charge in [0, 0.05) is 18.3 Å². The first-order valence-corrected chi connectivity index (χ1v) is 6.60. The number of rotatable bonds is 9. The molecule has 4 nitrogen and oxygen atoms in total. The number of benzene rings is 1. The van der Waals surface area contributed by atoms with Gasteiger partial charge in [-0.2, -0.15) is 0 Å². The summed E-state index contributed by atoms with van der Waals surface area (Å²) in [6.45, 7) is 7.18. The molecule has 0 aliphatic rings. The second-order valence-electron chi connectivity index (χ2n) is 4.18. The lowest BCUT2D eigenvalue weighted by atomic mass is 10.3. The summed E-state index contributed by atoms with van der Waals surface area (Å²) in [6.07, 6.45) is 3.79. The Morgan fingerprint density at radius 2 is 2.32 bits per heavy atom. The number of hydrogen-bond acceptors (Lipinski definition) is 3. The van der Waals surface area contributed by atoms with E-state index in [1.54, 1.807) is 6.08 Å². The number of nitrogens with one attached hydrogen (secondary N) is 2. The Labute approximate surface area is 114 Å². The summed E-state index contributed by atoms with van der Waals surface area (Å²) < 4.78 is 5.42. The van der Waals surface area contributed by atoms with Crippen LogP contribution in [0.5, 0.6) is 5.75 Å². The fourth-order valence-corrected chi connectivity index (χ4v) is 1.50. The maximum atomic E-state index is 11.5. The van der Waals surface area contributed by atoms with Crippen LogP contribution in [0.25, 0.3) is 0 Å². The Balaban J connectivity index is 2.35. The van der Waals surface area contributed by atoms with E-state index in [1.807, 2.05) is 24.3 Å². The van der Waals surface area contributed by atoms with Crippen molar-refractivity contribution in [3.63, 3.8) is 0 Å². The number of ether oxygens (including phenoxy) is 1. The fraction of sp³-hybridized carbons (Fsp3) is 0.400. The van der Waals surface area contributed by atoms with E-state index in [4.69, 9.17) is 4.74 Å². The van der Waals surface area contributed by atoms with Crippen molar-refractivity contribution in [3.05, 3.63) is 36.9 Å². The van der Waals surface area contributed by atoms with Crippen LogP contribution in [-0.2, 0) is 4.79 Å². The smallest absolute Gasteiger partial charge is 0.239 e. The summed E-state index contributed by atoms with van der Waals surface area (Å²) in [4.78, 5) is 11.5. The van der Waals surface area contributed by atoms with Crippen LogP contribution >= 0.6 is 0 Å². The van der Waals surface area contributed by atoms with E-state index in [2.05, 4.69) is 24.1 Å². The molecule has 0 atom stereocenters. The number of amides is 1. The van der Waals surface area contributed by atoms with Crippen molar-refractivity contribution in [1.29, 1.82) is 0 Å². The first-order chi connectivity index (χ1) is 9.26. The Hall–Kier alpha value is -1.97. The van der Waals surface area contributed by atoms with Crippen LogP contribution in [-0.4, -0.2) is 25.6 Å². The Morgan fingerprint density at radius 1 is 1.47 bits per heavy atom. The van der Waals surface area contributed by atoms with Crippen LogP contribution in [0.4, 0.5) is 5.69 Å². The van der Waals surface area contributed by atoms with Gasteiger partial charge in [0.25, 0.3) is 0 Å². The van der Waals surface area contributed by atoms with Gasteiger partial charge in [0.15, 0.2) is 0 Å². The summed E-state index contributed by atoms with van der Waals surface area (Å²) in [7, 11) is 0. The van der Waals surface area contributed by atoms with Crippen molar-refractivity contribution in [3.8, 4) is 5.75 Å². The standard InChI is InChI=1S/C15H22N2O2/c1-3-5-9-16-15(18)12-17-13-7-6-8-14(11-13)19-10-4-2/h4,6-8,11,17H,2-3,5,9-10,12H2,1H3,(H,16,18). The predicted octanol–water partition coefficient (Wildman–Crippen LogP) is 2.58. The first-order valence-electron chi connectivity index (χ1n) is 6.60. The highest BCUT2D eigenvalue weighted by Gasteiger charge is 2.01. The normalized spacial score (nSPS) is 9.74. The molecule has 0 aliphatic carbocycles. The quantitative estimate of drug-likeness (QED) is 0.531. The number of hydrogen-bond donors (Lipinski definition) is 2. The second-order valence-corrected chi connectivity index (χ2v) is 4.18. The lowest BCUT2D eigenvalue weighted by Gasteiger charge is -2.09. The van der Waals surface area contributed by atoms with E-state index in [0.717, 1.165) is 30.8 Å². The molecule has 2 N–H and O–H groups in total. The SMILES string of the molecule is C=CCOc1cccc(NCC(=O)NCCCC)c1. The van der Waals surface area contributed by atoms with Crippen molar-refractivity contribution < 1.29 is 9.53 Å². The number of carbonyl (C=O) groups excluding carboxylic acids is 1. The monoisotopic (exact) mass is 262 g/mol. The molecule has 0 heterocycles. The van der Waals surface area contributed by atoms with E-state index in [1.165, 1.54) is 0 Å².